The molecule has 1 aromatic heterocycles. The molecule has 2 aromatic carbocycles. The van der Waals surface area contributed by atoms with Gasteiger partial charge in [-0.15, -0.1) is 0 Å². The molecule has 0 aliphatic heterocycles. The van der Waals surface area contributed by atoms with Crippen molar-refractivity contribution in [2.45, 2.75) is 25.6 Å². The Morgan fingerprint density at radius 2 is 1.86 bits per heavy atom. The number of carbonyl (C=O) groups is 1. The SMILES string of the molecule is Cn1cc(CCC(=O)NCc2cccc(C(F)(F)F)c2)c(-c2ccc(F)cc2)n1. The maximum Gasteiger partial charge on any atom is 0.416 e. The Hall–Kier alpha value is -3.16. The van der Waals surface area contributed by atoms with Crippen LogP contribution < -0.4 is 5.32 Å². The third-order valence-corrected chi connectivity index (χ3v) is 4.39. The second kappa shape index (κ2) is 8.46. The molecular formula is C21H19F4N3O. The summed E-state index contributed by atoms with van der Waals surface area (Å²) in [4.78, 5) is 12.2. The summed E-state index contributed by atoms with van der Waals surface area (Å²) in [6.07, 6.45) is -2.08. The van der Waals surface area contributed by atoms with Crippen molar-refractivity contribution in [3.05, 3.63) is 77.2 Å². The van der Waals surface area contributed by atoms with Gasteiger partial charge in [0.15, 0.2) is 0 Å². The van der Waals surface area contributed by atoms with Gasteiger partial charge in [0, 0.05) is 31.8 Å². The summed E-state index contributed by atoms with van der Waals surface area (Å²) in [5.74, 6) is -0.628. The van der Waals surface area contributed by atoms with Crippen LogP contribution in [0.4, 0.5) is 17.6 Å². The standard InChI is InChI=1S/C21H19F4N3O/c1-28-13-16(20(27-28)15-5-8-18(22)9-6-15)7-10-19(29)26-12-14-3-2-4-17(11-14)21(23,24)25/h2-6,8-9,11,13H,7,10,12H2,1H3,(H,26,29). The molecular weight excluding hydrogens is 386 g/mol. The zero-order chi connectivity index (χ0) is 21.0. The predicted octanol–water partition coefficient (Wildman–Crippen LogP) is 4.49. The number of hydrogen-bond donors (Lipinski definition) is 1. The van der Waals surface area contributed by atoms with Gasteiger partial charge in [-0.2, -0.15) is 18.3 Å². The van der Waals surface area contributed by atoms with Gasteiger partial charge < -0.3 is 5.32 Å². The molecule has 0 atom stereocenters. The number of aromatic nitrogens is 2. The number of alkyl halides is 3. The molecule has 0 aliphatic carbocycles. The van der Waals surface area contributed by atoms with E-state index in [-0.39, 0.29) is 24.7 Å². The minimum atomic E-state index is -4.42. The Kier molecular flexibility index (Phi) is 6.00. The van der Waals surface area contributed by atoms with E-state index in [1.54, 1.807) is 30.1 Å². The Balaban J connectivity index is 1.60. The fraction of sp³-hybridized carbons (Fsp3) is 0.238. The van der Waals surface area contributed by atoms with Crippen molar-refractivity contribution < 1.29 is 22.4 Å². The fourth-order valence-electron chi connectivity index (χ4n) is 2.97. The van der Waals surface area contributed by atoms with E-state index in [0.29, 0.717) is 17.7 Å². The average Bonchev–Trinajstić information content (AvgIpc) is 3.05. The topological polar surface area (TPSA) is 46.9 Å². The summed E-state index contributed by atoms with van der Waals surface area (Å²) in [6.45, 7) is 0.0145. The van der Waals surface area contributed by atoms with Gasteiger partial charge in [0.25, 0.3) is 0 Å². The Morgan fingerprint density at radius 3 is 2.55 bits per heavy atom. The van der Waals surface area contributed by atoms with Crippen LogP contribution in [-0.2, 0) is 31.0 Å². The minimum absolute atomic E-state index is 0.0145. The van der Waals surface area contributed by atoms with E-state index in [1.807, 2.05) is 0 Å². The molecule has 152 valence electrons. The van der Waals surface area contributed by atoms with E-state index in [1.165, 1.54) is 24.3 Å². The van der Waals surface area contributed by atoms with Gasteiger partial charge in [-0.25, -0.2) is 4.39 Å². The lowest BCUT2D eigenvalue weighted by molar-refractivity contribution is -0.137. The van der Waals surface area contributed by atoms with Gasteiger partial charge >= 0.3 is 6.18 Å². The summed E-state index contributed by atoms with van der Waals surface area (Å²) >= 11 is 0. The summed E-state index contributed by atoms with van der Waals surface area (Å²) in [6, 6.07) is 10.8. The highest BCUT2D eigenvalue weighted by atomic mass is 19.4. The molecule has 0 aliphatic rings. The molecule has 1 heterocycles. The summed E-state index contributed by atoms with van der Waals surface area (Å²) < 4.78 is 53.0. The van der Waals surface area contributed by atoms with E-state index in [0.717, 1.165) is 23.3 Å². The van der Waals surface area contributed by atoms with Crippen molar-refractivity contribution in [3.8, 4) is 11.3 Å². The number of nitrogens with one attached hydrogen (secondary N) is 1. The number of halogens is 4. The lowest BCUT2D eigenvalue weighted by Gasteiger charge is -2.10. The molecule has 3 aromatic rings. The highest BCUT2D eigenvalue weighted by Crippen LogP contribution is 2.29. The van der Waals surface area contributed by atoms with Gasteiger partial charge in [-0.1, -0.05) is 12.1 Å². The second-order valence-electron chi connectivity index (χ2n) is 6.66. The minimum Gasteiger partial charge on any atom is -0.352 e. The predicted molar refractivity (Wildman–Crippen MR) is 100 cm³/mol. The smallest absolute Gasteiger partial charge is 0.352 e. The summed E-state index contributed by atoms with van der Waals surface area (Å²) in [7, 11) is 1.75. The maximum atomic E-state index is 13.1. The molecule has 0 bridgehead atoms. The Labute approximate surface area is 165 Å². The van der Waals surface area contributed by atoms with Crippen LogP contribution in [0.15, 0.2) is 54.7 Å². The number of carbonyl (C=O) groups excluding carboxylic acids is 1. The van der Waals surface area contributed by atoms with Crippen LogP contribution in [0.3, 0.4) is 0 Å². The molecule has 3 rings (SSSR count). The van der Waals surface area contributed by atoms with Crippen LogP contribution in [0.5, 0.6) is 0 Å². The zero-order valence-corrected chi connectivity index (χ0v) is 15.6. The number of benzene rings is 2. The first kappa shape index (κ1) is 20.6. The normalized spacial score (nSPS) is 11.5. The van der Waals surface area contributed by atoms with Crippen LogP contribution in [0.25, 0.3) is 11.3 Å². The Bertz CT molecular complexity index is 994. The molecule has 8 heteroatoms. The van der Waals surface area contributed by atoms with E-state index >= 15 is 0 Å². The molecule has 29 heavy (non-hydrogen) atoms. The third-order valence-electron chi connectivity index (χ3n) is 4.39. The quantitative estimate of drug-likeness (QED) is 0.614. The van der Waals surface area contributed by atoms with Crippen molar-refractivity contribution in [3.63, 3.8) is 0 Å². The number of nitrogens with zero attached hydrogens (tertiary/aromatic N) is 2. The summed E-state index contributed by atoms with van der Waals surface area (Å²) in [5, 5.41) is 7.01. The zero-order valence-electron chi connectivity index (χ0n) is 15.6. The van der Waals surface area contributed by atoms with Crippen molar-refractivity contribution >= 4 is 5.91 Å². The first-order valence-corrected chi connectivity index (χ1v) is 8.93. The van der Waals surface area contributed by atoms with Crippen LogP contribution in [0.1, 0.15) is 23.1 Å². The van der Waals surface area contributed by atoms with E-state index in [4.69, 9.17) is 0 Å². The first-order chi connectivity index (χ1) is 13.7. The molecule has 0 spiro atoms. The third kappa shape index (κ3) is 5.43. The largest absolute Gasteiger partial charge is 0.416 e. The monoisotopic (exact) mass is 405 g/mol. The van der Waals surface area contributed by atoms with Crippen LogP contribution >= 0.6 is 0 Å². The number of rotatable bonds is 6. The molecule has 0 saturated carbocycles. The summed E-state index contributed by atoms with van der Waals surface area (Å²) in [5.41, 5.74) is 1.86. The highest BCUT2D eigenvalue weighted by molar-refractivity contribution is 5.76. The second-order valence-corrected chi connectivity index (χ2v) is 6.66. The molecule has 0 unspecified atom stereocenters. The molecule has 1 N–H and O–H groups in total. The molecule has 4 nitrogen and oxygen atoms in total. The highest BCUT2D eigenvalue weighted by Gasteiger charge is 2.30. The van der Waals surface area contributed by atoms with Crippen molar-refractivity contribution in [1.82, 2.24) is 15.1 Å². The van der Waals surface area contributed by atoms with Gasteiger partial charge in [-0.05, 0) is 53.9 Å². The molecule has 0 radical (unpaired) electrons. The Morgan fingerprint density at radius 1 is 1.14 bits per heavy atom. The average molecular weight is 405 g/mol. The van der Waals surface area contributed by atoms with Crippen LogP contribution in [0, 0.1) is 5.82 Å². The van der Waals surface area contributed by atoms with Gasteiger partial charge in [0.05, 0.1) is 11.3 Å². The van der Waals surface area contributed by atoms with Crippen molar-refractivity contribution in [1.29, 1.82) is 0 Å². The van der Waals surface area contributed by atoms with E-state index in [2.05, 4.69) is 10.4 Å². The van der Waals surface area contributed by atoms with Gasteiger partial charge in [0.2, 0.25) is 5.91 Å². The van der Waals surface area contributed by atoms with Crippen LogP contribution in [0.2, 0.25) is 0 Å². The van der Waals surface area contributed by atoms with Gasteiger partial charge in [-0.3, -0.25) is 9.48 Å². The van der Waals surface area contributed by atoms with Crippen molar-refractivity contribution in [2.75, 3.05) is 0 Å². The fourth-order valence-corrected chi connectivity index (χ4v) is 2.97. The maximum absolute atomic E-state index is 13.1. The number of amides is 1. The van der Waals surface area contributed by atoms with Crippen LogP contribution in [-0.4, -0.2) is 15.7 Å². The van der Waals surface area contributed by atoms with Crippen molar-refractivity contribution in [2.24, 2.45) is 7.05 Å². The number of aryl methyl sites for hydroxylation is 2. The lowest BCUT2D eigenvalue weighted by Crippen LogP contribution is -2.23. The van der Waals surface area contributed by atoms with Gasteiger partial charge in [0.1, 0.15) is 5.82 Å². The molecule has 0 saturated heterocycles. The lowest BCUT2D eigenvalue weighted by atomic mass is 10.0. The van der Waals surface area contributed by atoms with E-state index in [9.17, 15) is 22.4 Å². The van der Waals surface area contributed by atoms with E-state index < -0.39 is 11.7 Å². The molecule has 1 amide bonds. The molecule has 0 fully saturated rings. The number of hydrogen-bond acceptors (Lipinski definition) is 2. The first-order valence-electron chi connectivity index (χ1n) is 8.93.